The van der Waals surface area contributed by atoms with E-state index in [4.69, 9.17) is 11.6 Å². The average molecular weight is 250 g/mol. The number of hydrogen-bond acceptors (Lipinski definition) is 1. The van der Waals surface area contributed by atoms with Crippen molar-refractivity contribution < 1.29 is 0 Å². The van der Waals surface area contributed by atoms with Crippen LogP contribution in [0.1, 0.15) is 32.0 Å². The summed E-state index contributed by atoms with van der Waals surface area (Å²) in [6, 6.07) is 5.33. The lowest BCUT2D eigenvalue weighted by atomic mass is 9.91. The molecule has 3 heteroatoms. The summed E-state index contributed by atoms with van der Waals surface area (Å²) < 4.78 is 0. The molecule has 90 valence electrons. The van der Waals surface area contributed by atoms with E-state index in [9.17, 15) is 4.79 Å². The van der Waals surface area contributed by atoms with E-state index in [-0.39, 0.29) is 10.8 Å². The molecular weight excluding hydrogens is 234 g/mol. The number of aromatic amines is 1. The van der Waals surface area contributed by atoms with Crippen molar-refractivity contribution in [2.24, 2.45) is 0 Å². The fourth-order valence-corrected chi connectivity index (χ4v) is 1.95. The highest BCUT2D eigenvalue weighted by atomic mass is 35.5. The number of pyridine rings is 1. The number of aryl methyl sites for hydroxylation is 1. The third-order valence-corrected chi connectivity index (χ3v) is 3.32. The number of halogens is 1. The van der Waals surface area contributed by atoms with Gasteiger partial charge in [-0.3, -0.25) is 4.79 Å². The number of nitrogens with one attached hydrogen (secondary N) is 1. The molecule has 0 fully saturated rings. The van der Waals surface area contributed by atoms with Gasteiger partial charge in [-0.15, -0.1) is 0 Å². The summed E-state index contributed by atoms with van der Waals surface area (Å²) in [6.45, 7) is 8.11. The molecule has 0 bridgehead atoms. The standard InChI is InChI=1S/C14H16ClNO/c1-8-5-9-11(6-10(8)15)16-13(7-12(9)17)14(2,3)4/h5-7H,1-4H3,(H,16,17). The Kier molecular flexibility index (Phi) is 2.78. The summed E-state index contributed by atoms with van der Waals surface area (Å²) in [4.78, 5) is 15.3. The fourth-order valence-electron chi connectivity index (χ4n) is 1.78. The number of aromatic nitrogens is 1. The third kappa shape index (κ3) is 2.22. The molecular formula is C14H16ClNO. The Bertz CT molecular complexity index is 635. The summed E-state index contributed by atoms with van der Waals surface area (Å²) >= 11 is 6.08. The molecule has 0 saturated carbocycles. The van der Waals surface area contributed by atoms with Crippen molar-refractivity contribution in [2.45, 2.75) is 33.1 Å². The Morgan fingerprint density at radius 2 is 1.82 bits per heavy atom. The molecule has 0 saturated heterocycles. The minimum atomic E-state index is -0.0787. The first kappa shape index (κ1) is 12.2. The van der Waals surface area contributed by atoms with Crippen LogP contribution in [0.3, 0.4) is 0 Å². The highest BCUT2D eigenvalue weighted by molar-refractivity contribution is 6.32. The summed E-state index contributed by atoms with van der Waals surface area (Å²) in [5.74, 6) is 0. The van der Waals surface area contributed by atoms with Gasteiger partial charge in [-0.05, 0) is 24.6 Å². The van der Waals surface area contributed by atoms with E-state index in [1.165, 1.54) is 0 Å². The summed E-state index contributed by atoms with van der Waals surface area (Å²) in [6.07, 6.45) is 0. The van der Waals surface area contributed by atoms with Crippen LogP contribution in [0.4, 0.5) is 0 Å². The Labute approximate surface area is 106 Å². The topological polar surface area (TPSA) is 32.9 Å². The van der Waals surface area contributed by atoms with Gasteiger partial charge in [-0.25, -0.2) is 0 Å². The van der Waals surface area contributed by atoms with Crippen LogP contribution in [0.25, 0.3) is 10.9 Å². The van der Waals surface area contributed by atoms with Gasteiger partial charge in [0.15, 0.2) is 5.43 Å². The van der Waals surface area contributed by atoms with Gasteiger partial charge in [0.2, 0.25) is 0 Å². The molecule has 1 aromatic carbocycles. The number of hydrogen-bond donors (Lipinski definition) is 1. The molecule has 1 aromatic heterocycles. The van der Waals surface area contributed by atoms with E-state index in [0.29, 0.717) is 10.4 Å². The summed E-state index contributed by atoms with van der Waals surface area (Å²) in [5.41, 5.74) is 2.62. The second-order valence-electron chi connectivity index (χ2n) is 5.44. The Morgan fingerprint density at radius 1 is 1.18 bits per heavy atom. The molecule has 0 aliphatic carbocycles. The van der Waals surface area contributed by atoms with E-state index in [1.807, 2.05) is 19.1 Å². The predicted molar refractivity (Wildman–Crippen MR) is 73.0 cm³/mol. The van der Waals surface area contributed by atoms with E-state index in [1.54, 1.807) is 6.07 Å². The van der Waals surface area contributed by atoms with Gasteiger partial charge < -0.3 is 4.98 Å². The van der Waals surface area contributed by atoms with E-state index in [2.05, 4.69) is 25.8 Å². The predicted octanol–water partition coefficient (Wildman–Crippen LogP) is 3.79. The lowest BCUT2D eigenvalue weighted by molar-refractivity contribution is 0.571. The SMILES string of the molecule is Cc1cc2c(=O)cc(C(C)(C)C)[nH]c2cc1Cl. The van der Waals surface area contributed by atoms with Crippen molar-refractivity contribution in [1.82, 2.24) is 4.98 Å². The normalized spacial score (nSPS) is 12.1. The Balaban J connectivity index is 2.83. The van der Waals surface area contributed by atoms with Crippen LogP contribution in [0, 0.1) is 6.92 Å². The number of rotatable bonds is 0. The van der Waals surface area contributed by atoms with Crippen molar-refractivity contribution in [3.63, 3.8) is 0 Å². The molecule has 0 aliphatic heterocycles. The monoisotopic (exact) mass is 249 g/mol. The van der Waals surface area contributed by atoms with E-state index < -0.39 is 0 Å². The van der Waals surface area contributed by atoms with Gasteiger partial charge in [0.05, 0.1) is 5.52 Å². The molecule has 2 rings (SSSR count). The first-order valence-corrected chi connectivity index (χ1v) is 6.00. The molecule has 0 spiro atoms. The molecule has 2 nitrogen and oxygen atoms in total. The summed E-state index contributed by atoms with van der Waals surface area (Å²) in [5, 5.41) is 1.37. The Hall–Kier alpha value is -1.28. The van der Waals surface area contributed by atoms with Crippen LogP contribution in [0.15, 0.2) is 23.0 Å². The number of fused-ring (bicyclic) bond motifs is 1. The van der Waals surface area contributed by atoms with Crippen molar-refractivity contribution in [1.29, 1.82) is 0 Å². The quantitative estimate of drug-likeness (QED) is 0.757. The minimum Gasteiger partial charge on any atom is -0.358 e. The van der Waals surface area contributed by atoms with Gasteiger partial charge in [0.25, 0.3) is 0 Å². The van der Waals surface area contributed by atoms with Crippen LogP contribution >= 0.6 is 11.6 Å². The maximum atomic E-state index is 12.0. The molecule has 0 radical (unpaired) electrons. The lowest BCUT2D eigenvalue weighted by Gasteiger charge is -2.19. The fraction of sp³-hybridized carbons (Fsp3) is 0.357. The van der Waals surface area contributed by atoms with Crippen molar-refractivity contribution in [3.8, 4) is 0 Å². The largest absolute Gasteiger partial charge is 0.358 e. The highest BCUT2D eigenvalue weighted by Crippen LogP contribution is 2.24. The zero-order valence-corrected chi connectivity index (χ0v) is 11.3. The van der Waals surface area contributed by atoms with Crippen LogP contribution in [0.5, 0.6) is 0 Å². The van der Waals surface area contributed by atoms with Crippen LogP contribution in [0.2, 0.25) is 5.02 Å². The maximum Gasteiger partial charge on any atom is 0.189 e. The number of benzene rings is 1. The second-order valence-corrected chi connectivity index (χ2v) is 5.85. The molecule has 17 heavy (non-hydrogen) atoms. The van der Waals surface area contributed by atoms with Crippen molar-refractivity contribution >= 4 is 22.5 Å². The van der Waals surface area contributed by atoms with Gasteiger partial charge in [0, 0.05) is 27.6 Å². The first-order chi connectivity index (χ1) is 7.79. The average Bonchev–Trinajstić information content (AvgIpc) is 2.19. The van der Waals surface area contributed by atoms with E-state index >= 15 is 0 Å². The molecule has 0 atom stereocenters. The smallest absolute Gasteiger partial charge is 0.189 e. The van der Waals surface area contributed by atoms with Crippen LogP contribution in [-0.4, -0.2) is 4.98 Å². The number of H-pyrrole nitrogens is 1. The van der Waals surface area contributed by atoms with Gasteiger partial charge in [-0.1, -0.05) is 32.4 Å². The molecule has 1 heterocycles. The molecule has 0 aliphatic rings. The highest BCUT2D eigenvalue weighted by Gasteiger charge is 2.16. The zero-order chi connectivity index (χ0) is 12.8. The molecule has 0 unspecified atom stereocenters. The third-order valence-electron chi connectivity index (χ3n) is 2.92. The van der Waals surface area contributed by atoms with Crippen LogP contribution < -0.4 is 5.43 Å². The minimum absolute atomic E-state index is 0.0449. The first-order valence-electron chi connectivity index (χ1n) is 5.63. The zero-order valence-electron chi connectivity index (χ0n) is 10.5. The van der Waals surface area contributed by atoms with Crippen molar-refractivity contribution in [3.05, 3.63) is 44.7 Å². The maximum absolute atomic E-state index is 12.0. The van der Waals surface area contributed by atoms with Crippen LogP contribution in [-0.2, 0) is 5.41 Å². The van der Waals surface area contributed by atoms with Crippen molar-refractivity contribution in [2.75, 3.05) is 0 Å². The summed E-state index contributed by atoms with van der Waals surface area (Å²) in [7, 11) is 0. The van der Waals surface area contributed by atoms with Gasteiger partial charge >= 0.3 is 0 Å². The van der Waals surface area contributed by atoms with Gasteiger partial charge in [0.1, 0.15) is 0 Å². The second kappa shape index (κ2) is 3.88. The van der Waals surface area contributed by atoms with E-state index in [0.717, 1.165) is 16.8 Å². The lowest BCUT2D eigenvalue weighted by Crippen LogP contribution is -2.17. The molecule has 1 N–H and O–H groups in total. The molecule has 0 amide bonds. The Morgan fingerprint density at radius 3 is 2.41 bits per heavy atom. The van der Waals surface area contributed by atoms with Gasteiger partial charge in [-0.2, -0.15) is 0 Å². The molecule has 2 aromatic rings.